The van der Waals surface area contributed by atoms with Gasteiger partial charge in [-0.15, -0.1) is 0 Å². The molecule has 2 aromatic rings. The van der Waals surface area contributed by atoms with Gasteiger partial charge in [0, 0.05) is 28.2 Å². The maximum absolute atomic E-state index is 12.5. The number of amides is 1. The van der Waals surface area contributed by atoms with Gasteiger partial charge in [-0.2, -0.15) is 11.8 Å². The van der Waals surface area contributed by atoms with E-state index in [9.17, 15) is 19.5 Å². The predicted molar refractivity (Wildman–Crippen MR) is 133 cm³/mol. The molecule has 1 unspecified atom stereocenters. The molecular weight excluding hydrogens is 442 g/mol. The Balaban J connectivity index is 1.85. The van der Waals surface area contributed by atoms with Gasteiger partial charge < -0.3 is 10.4 Å². The largest absolute Gasteiger partial charge is 0.480 e. The van der Waals surface area contributed by atoms with Crippen LogP contribution in [0.2, 0.25) is 0 Å². The molecule has 0 bridgehead atoms. The van der Waals surface area contributed by atoms with Gasteiger partial charge in [0.05, 0.1) is 0 Å². The van der Waals surface area contributed by atoms with E-state index < -0.39 is 17.9 Å². The second-order valence-corrected chi connectivity index (χ2v) is 10.4. The van der Waals surface area contributed by atoms with E-state index in [0.29, 0.717) is 11.5 Å². The molecule has 0 heterocycles. The fourth-order valence-electron chi connectivity index (χ4n) is 2.91. The third kappa shape index (κ3) is 8.02. The molecule has 0 saturated heterocycles. The lowest BCUT2D eigenvalue weighted by molar-refractivity contribution is -0.141. The van der Waals surface area contributed by atoms with Gasteiger partial charge in [0.25, 0.3) is 0 Å². The van der Waals surface area contributed by atoms with E-state index in [4.69, 9.17) is 0 Å². The Bertz CT molecular complexity index is 900. The summed E-state index contributed by atoms with van der Waals surface area (Å²) < 4.78 is 0. The molecule has 3 atom stereocenters. The van der Waals surface area contributed by atoms with Crippen molar-refractivity contribution in [3.8, 4) is 0 Å². The molecule has 172 valence electrons. The maximum Gasteiger partial charge on any atom is 0.327 e. The van der Waals surface area contributed by atoms with Crippen molar-refractivity contribution in [3.63, 3.8) is 0 Å². The smallest absolute Gasteiger partial charge is 0.327 e. The maximum atomic E-state index is 12.5. The first-order chi connectivity index (χ1) is 15.2. The summed E-state index contributed by atoms with van der Waals surface area (Å²) in [6.45, 7) is 8.02. The second kappa shape index (κ2) is 12.7. The second-order valence-electron chi connectivity index (χ2n) is 8.06. The molecule has 32 heavy (non-hydrogen) atoms. The predicted octanol–water partition coefficient (Wildman–Crippen LogP) is 5.38. The van der Waals surface area contributed by atoms with Crippen molar-refractivity contribution in [2.24, 2.45) is 5.92 Å². The highest BCUT2D eigenvalue weighted by atomic mass is 32.2. The Morgan fingerprint density at radius 2 is 1.47 bits per heavy atom. The zero-order valence-electron chi connectivity index (χ0n) is 18.9. The zero-order chi connectivity index (χ0) is 23.7. The molecule has 1 amide bonds. The lowest BCUT2D eigenvalue weighted by Gasteiger charge is -2.20. The summed E-state index contributed by atoms with van der Waals surface area (Å²) in [6, 6.07) is 16.2. The van der Waals surface area contributed by atoms with Gasteiger partial charge in [-0.3, -0.25) is 9.59 Å². The summed E-state index contributed by atoms with van der Waals surface area (Å²) in [6.07, 6.45) is 0. The molecular formula is C25H31NO4S2. The number of carbonyl (C=O) groups excluding carboxylic acids is 2. The molecule has 2 aromatic carbocycles. The molecule has 0 spiro atoms. The molecule has 2 N–H and O–H groups in total. The van der Waals surface area contributed by atoms with Crippen LogP contribution in [0.5, 0.6) is 0 Å². The standard InChI is InChI=1S/C25H31NO4S2/c1-16(2)19-10-12-20(13-11-19)18(4)31-15-22(24(28)29)26-23(27)17(3)14-32-25(30)21-8-6-5-7-9-21/h5-13,16-18,22H,14-15H2,1-4H3,(H,26,27)(H,28,29)/t17-,18?,22+/m1/s1. The van der Waals surface area contributed by atoms with Crippen molar-refractivity contribution in [2.75, 3.05) is 11.5 Å². The number of thioether (sulfide) groups is 2. The average Bonchev–Trinajstić information content (AvgIpc) is 2.79. The molecule has 7 heteroatoms. The molecule has 0 aliphatic heterocycles. The number of aliphatic carboxylic acids is 1. The SMILES string of the molecule is CC(C)c1ccc(C(C)SC[C@H](NC(=O)[C@H](C)CSC(=O)c2ccccc2)C(=O)O)cc1. The fraction of sp³-hybridized carbons (Fsp3) is 0.400. The van der Waals surface area contributed by atoms with Crippen LogP contribution >= 0.6 is 23.5 Å². The Labute approximate surface area is 198 Å². The van der Waals surface area contributed by atoms with E-state index in [2.05, 4.69) is 43.4 Å². The third-order valence-electron chi connectivity index (χ3n) is 5.12. The van der Waals surface area contributed by atoms with Crippen LogP contribution in [0.4, 0.5) is 0 Å². The lowest BCUT2D eigenvalue weighted by Crippen LogP contribution is -2.45. The number of hydrogen-bond acceptors (Lipinski definition) is 5. The molecule has 5 nitrogen and oxygen atoms in total. The minimum atomic E-state index is -1.06. The molecule has 0 aliphatic rings. The van der Waals surface area contributed by atoms with E-state index in [1.807, 2.05) is 13.0 Å². The number of carbonyl (C=O) groups is 3. The summed E-state index contributed by atoms with van der Waals surface area (Å²) in [4.78, 5) is 36.4. The Kier molecular flexibility index (Phi) is 10.3. The summed E-state index contributed by atoms with van der Waals surface area (Å²) in [5.74, 6) is -0.898. The first-order valence-corrected chi connectivity index (χ1v) is 12.7. The van der Waals surface area contributed by atoms with Crippen LogP contribution in [-0.4, -0.2) is 39.6 Å². The molecule has 0 aromatic heterocycles. The van der Waals surface area contributed by atoms with Gasteiger partial charge in [0.1, 0.15) is 6.04 Å². The zero-order valence-corrected chi connectivity index (χ0v) is 20.5. The van der Waals surface area contributed by atoms with Crippen LogP contribution in [0.1, 0.15) is 60.3 Å². The first kappa shape index (κ1) is 26.0. The van der Waals surface area contributed by atoms with Crippen LogP contribution in [0.15, 0.2) is 54.6 Å². The van der Waals surface area contributed by atoms with E-state index in [-0.39, 0.29) is 27.8 Å². The molecule has 0 aliphatic carbocycles. The summed E-state index contributed by atoms with van der Waals surface area (Å²) in [5.41, 5.74) is 2.97. The Morgan fingerprint density at radius 1 is 0.875 bits per heavy atom. The van der Waals surface area contributed by atoms with Crippen molar-refractivity contribution in [3.05, 3.63) is 71.3 Å². The van der Waals surface area contributed by atoms with E-state index in [1.54, 1.807) is 31.2 Å². The van der Waals surface area contributed by atoms with Gasteiger partial charge in [0.15, 0.2) is 0 Å². The number of rotatable bonds is 11. The Morgan fingerprint density at radius 3 is 2.03 bits per heavy atom. The lowest BCUT2D eigenvalue weighted by atomic mass is 10.0. The highest BCUT2D eigenvalue weighted by Crippen LogP contribution is 2.30. The van der Waals surface area contributed by atoms with Crippen LogP contribution in [0.3, 0.4) is 0 Å². The number of carboxylic acid groups (broad SMARTS) is 1. The van der Waals surface area contributed by atoms with Crippen molar-refractivity contribution in [1.29, 1.82) is 0 Å². The van der Waals surface area contributed by atoms with Crippen molar-refractivity contribution in [1.82, 2.24) is 5.32 Å². The molecule has 0 radical (unpaired) electrons. The quantitative estimate of drug-likeness (QED) is 0.456. The van der Waals surface area contributed by atoms with Gasteiger partial charge >= 0.3 is 5.97 Å². The number of hydrogen-bond donors (Lipinski definition) is 2. The Hall–Kier alpha value is -2.25. The van der Waals surface area contributed by atoms with E-state index >= 15 is 0 Å². The normalized spacial score (nSPS) is 13.9. The van der Waals surface area contributed by atoms with Crippen LogP contribution in [0, 0.1) is 5.92 Å². The minimum Gasteiger partial charge on any atom is -0.480 e. The topological polar surface area (TPSA) is 83.5 Å². The van der Waals surface area contributed by atoms with Gasteiger partial charge in [0.2, 0.25) is 11.0 Å². The number of carboxylic acids is 1. The van der Waals surface area contributed by atoms with Gasteiger partial charge in [-0.25, -0.2) is 4.79 Å². The molecule has 2 rings (SSSR count). The monoisotopic (exact) mass is 473 g/mol. The summed E-state index contributed by atoms with van der Waals surface area (Å²) in [7, 11) is 0. The van der Waals surface area contributed by atoms with Crippen molar-refractivity contribution >= 4 is 40.5 Å². The fourth-order valence-corrected chi connectivity index (χ4v) is 4.82. The molecule has 0 fully saturated rings. The number of nitrogens with one attached hydrogen (secondary N) is 1. The van der Waals surface area contributed by atoms with Crippen LogP contribution in [-0.2, 0) is 9.59 Å². The van der Waals surface area contributed by atoms with Gasteiger partial charge in [-0.05, 0) is 24.0 Å². The minimum absolute atomic E-state index is 0.103. The highest BCUT2D eigenvalue weighted by molar-refractivity contribution is 8.14. The van der Waals surface area contributed by atoms with E-state index in [0.717, 1.165) is 17.3 Å². The summed E-state index contributed by atoms with van der Waals surface area (Å²) >= 11 is 2.56. The van der Waals surface area contributed by atoms with Crippen molar-refractivity contribution < 1.29 is 19.5 Å². The number of benzene rings is 2. The van der Waals surface area contributed by atoms with Crippen LogP contribution < -0.4 is 5.32 Å². The summed E-state index contributed by atoms with van der Waals surface area (Å²) in [5, 5.41) is 12.2. The van der Waals surface area contributed by atoms with Gasteiger partial charge in [-0.1, -0.05) is 87.1 Å². The third-order valence-corrected chi connectivity index (χ3v) is 7.58. The highest BCUT2D eigenvalue weighted by Gasteiger charge is 2.24. The van der Waals surface area contributed by atoms with E-state index in [1.165, 1.54) is 17.3 Å². The average molecular weight is 474 g/mol. The first-order valence-electron chi connectivity index (χ1n) is 10.7. The van der Waals surface area contributed by atoms with Crippen molar-refractivity contribution in [2.45, 2.75) is 44.9 Å². The van der Waals surface area contributed by atoms with Crippen LogP contribution in [0.25, 0.3) is 0 Å². The molecule has 0 saturated carbocycles.